The maximum Gasteiger partial charge on any atom is 0.355 e. The number of nitrogens with zero attached hydrogens (tertiary/aromatic N) is 4. The zero-order valence-corrected chi connectivity index (χ0v) is 14.3. The van der Waals surface area contributed by atoms with E-state index in [2.05, 4.69) is 26.1 Å². The molecule has 1 aromatic heterocycles. The first-order valence-electron chi connectivity index (χ1n) is 7.83. The summed E-state index contributed by atoms with van der Waals surface area (Å²) in [6.45, 7) is 0. The van der Waals surface area contributed by atoms with Crippen LogP contribution in [0.1, 0.15) is 0 Å². The van der Waals surface area contributed by atoms with E-state index >= 15 is 0 Å². The second kappa shape index (κ2) is 8.08. The van der Waals surface area contributed by atoms with Crippen LogP contribution >= 0.6 is 0 Å². The molecular weight excluding hydrogens is 392 g/mol. The molecule has 2 aromatic carbocycles. The first-order chi connectivity index (χ1) is 13.8. The van der Waals surface area contributed by atoms with E-state index in [0.717, 1.165) is 18.5 Å². The van der Waals surface area contributed by atoms with Crippen LogP contribution in [-0.2, 0) is 0 Å². The van der Waals surface area contributed by atoms with Crippen molar-refractivity contribution in [3.8, 4) is 0 Å². The highest BCUT2D eigenvalue weighted by molar-refractivity contribution is 5.74. The van der Waals surface area contributed by atoms with Crippen molar-refractivity contribution in [2.45, 2.75) is 0 Å². The van der Waals surface area contributed by atoms with E-state index in [-0.39, 0.29) is 23.0 Å². The summed E-state index contributed by atoms with van der Waals surface area (Å²) in [5, 5.41) is 24.7. The van der Waals surface area contributed by atoms with E-state index in [1.165, 1.54) is 30.3 Å². The molecule has 0 aliphatic carbocycles. The molecule has 0 saturated carbocycles. The molecule has 11 nitrogen and oxygen atoms in total. The average Bonchev–Trinajstić information content (AvgIpc) is 2.69. The fraction of sp³-hybridized carbons (Fsp3) is 0. The Bertz CT molecular complexity index is 1080. The van der Waals surface area contributed by atoms with Crippen LogP contribution < -0.4 is 16.2 Å². The molecule has 29 heavy (non-hydrogen) atoms. The standard InChI is InChI=1S/C16H11F2N7O4/c17-12-6-3-10(7-13(12)18)21-15-14(25(28)29)16(20-8-19-15)23-22-9-1-4-11(5-2-9)24(26)27/h1-8,22H,(H2,19,20,21,23). The second-order valence-electron chi connectivity index (χ2n) is 5.48. The van der Waals surface area contributed by atoms with Gasteiger partial charge in [0, 0.05) is 23.9 Å². The van der Waals surface area contributed by atoms with Crippen molar-refractivity contribution < 1.29 is 18.6 Å². The third-order valence-corrected chi connectivity index (χ3v) is 3.59. The van der Waals surface area contributed by atoms with Crippen molar-refractivity contribution in [1.29, 1.82) is 0 Å². The number of rotatable bonds is 7. The van der Waals surface area contributed by atoms with E-state index in [1.807, 2.05) is 0 Å². The van der Waals surface area contributed by atoms with Gasteiger partial charge < -0.3 is 5.32 Å². The van der Waals surface area contributed by atoms with E-state index in [9.17, 15) is 29.0 Å². The van der Waals surface area contributed by atoms with Crippen LogP contribution in [0.5, 0.6) is 0 Å². The second-order valence-corrected chi connectivity index (χ2v) is 5.48. The van der Waals surface area contributed by atoms with Crippen molar-refractivity contribution in [1.82, 2.24) is 9.97 Å². The number of aromatic nitrogens is 2. The number of hydrogen-bond donors (Lipinski definition) is 3. The lowest BCUT2D eigenvalue weighted by molar-refractivity contribution is -0.384. The van der Waals surface area contributed by atoms with Gasteiger partial charge in [0.2, 0.25) is 11.6 Å². The number of halogens is 2. The summed E-state index contributed by atoms with van der Waals surface area (Å²) in [7, 11) is 0. The SMILES string of the molecule is O=[N+]([O-])c1ccc(NNc2ncnc(Nc3ccc(F)c(F)c3)c2[N+](=O)[O-])cc1. The highest BCUT2D eigenvalue weighted by Crippen LogP contribution is 2.31. The summed E-state index contributed by atoms with van der Waals surface area (Å²) >= 11 is 0. The topological polar surface area (TPSA) is 148 Å². The molecule has 0 fully saturated rings. The van der Waals surface area contributed by atoms with Crippen LogP contribution in [0.4, 0.5) is 43.2 Å². The molecule has 148 valence electrons. The van der Waals surface area contributed by atoms with Gasteiger partial charge in [0.1, 0.15) is 6.33 Å². The van der Waals surface area contributed by atoms with Crippen LogP contribution in [-0.4, -0.2) is 19.8 Å². The Labute approximate surface area is 160 Å². The van der Waals surface area contributed by atoms with E-state index in [4.69, 9.17) is 0 Å². The van der Waals surface area contributed by atoms with Crippen LogP contribution in [0.25, 0.3) is 0 Å². The van der Waals surface area contributed by atoms with Crippen LogP contribution in [0.3, 0.4) is 0 Å². The Morgan fingerprint density at radius 1 is 0.793 bits per heavy atom. The predicted molar refractivity (Wildman–Crippen MR) is 98.7 cm³/mol. The molecule has 0 atom stereocenters. The van der Waals surface area contributed by atoms with Gasteiger partial charge in [-0.05, 0) is 24.3 Å². The summed E-state index contributed by atoms with van der Waals surface area (Å²) in [6.07, 6.45) is 1.02. The Kier molecular flexibility index (Phi) is 5.39. The predicted octanol–water partition coefficient (Wildman–Crippen LogP) is 3.75. The lowest BCUT2D eigenvalue weighted by Gasteiger charge is -2.11. The Balaban J connectivity index is 1.83. The molecule has 0 saturated heterocycles. The van der Waals surface area contributed by atoms with E-state index in [1.54, 1.807) is 0 Å². The van der Waals surface area contributed by atoms with Gasteiger partial charge in [0.15, 0.2) is 11.6 Å². The van der Waals surface area contributed by atoms with Gasteiger partial charge >= 0.3 is 5.69 Å². The molecule has 3 N–H and O–H groups in total. The lowest BCUT2D eigenvalue weighted by Crippen LogP contribution is -2.13. The molecule has 0 aliphatic rings. The molecule has 0 aliphatic heterocycles. The molecule has 1 heterocycles. The summed E-state index contributed by atoms with van der Waals surface area (Å²) in [5.41, 5.74) is 4.87. The van der Waals surface area contributed by atoms with Crippen molar-refractivity contribution >= 4 is 34.4 Å². The minimum absolute atomic E-state index is 0.0416. The number of nitro groups is 2. The zero-order chi connectivity index (χ0) is 21.0. The number of hydrogen-bond acceptors (Lipinski definition) is 9. The number of anilines is 4. The number of hydrazine groups is 1. The first kappa shape index (κ1) is 19.3. The van der Waals surface area contributed by atoms with Gasteiger partial charge in [-0.15, -0.1) is 0 Å². The average molecular weight is 403 g/mol. The molecule has 0 amide bonds. The summed E-state index contributed by atoms with van der Waals surface area (Å²) in [6, 6.07) is 8.13. The smallest absolute Gasteiger partial charge is 0.334 e. The Morgan fingerprint density at radius 2 is 1.45 bits per heavy atom. The lowest BCUT2D eigenvalue weighted by atomic mass is 10.3. The van der Waals surface area contributed by atoms with Crippen molar-refractivity contribution in [3.63, 3.8) is 0 Å². The largest absolute Gasteiger partial charge is 0.355 e. The minimum atomic E-state index is -1.13. The van der Waals surface area contributed by atoms with Gasteiger partial charge in [0.25, 0.3) is 5.69 Å². The maximum absolute atomic E-state index is 13.4. The summed E-state index contributed by atoms with van der Waals surface area (Å²) < 4.78 is 26.4. The van der Waals surface area contributed by atoms with Crippen LogP contribution in [0.15, 0.2) is 48.8 Å². The first-order valence-corrected chi connectivity index (χ1v) is 7.83. The zero-order valence-electron chi connectivity index (χ0n) is 14.3. The number of nitro benzene ring substituents is 1. The third kappa shape index (κ3) is 4.47. The monoisotopic (exact) mass is 403 g/mol. The van der Waals surface area contributed by atoms with Crippen LogP contribution in [0, 0.1) is 31.9 Å². The highest BCUT2D eigenvalue weighted by Gasteiger charge is 2.23. The van der Waals surface area contributed by atoms with Gasteiger partial charge in [0.05, 0.1) is 15.5 Å². The molecule has 13 heteroatoms. The molecule has 0 spiro atoms. The molecule has 0 unspecified atom stereocenters. The summed E-state index contributed by atoms with van der Waals surface area (Å²) in [4.78, 5) is 28.4. The van der Waals surface area contributed by atoms with E-state index < -0.39 is 27.2 Å². The Morgan fingerprint density at radius 3 is 2.07 bits per heavy atom. The van der Waals surface area contributed by atoms with Crippen molar-refractivity contribution in [3.05, 3.63) is 80.7 Å². The van der Waals surface area contributed by atoms with E-state index in [0.29, 0.717) is 5.69 Å². The third-order valence-electron chi connectivity index (χ3n) is 3.59. The van der Waals surface area contributed by atoms with Gasteiger partial charge in [-0.1, -0.05) is 0 Å². The van der Waals surface area contributed by atoms with Gasteiger partial charge in [-0.2, -0.15) is 0 Å². The number of benzene rings is 2. The van der Waals surface area contributed by atoms with Crippen molar-refractivity contribution in [2.75, 3.05) is 16.2 Å². The maximum atomic E-state index is 13.4. The fourth-order valence-electron chi connectivity index (χ4n) is 2.24. The molecule has 0 bridgehead atoms. The highest BCUT2D eigenvalue weighted by atomic mass is 19.2. The quantitative estimate of drug-likeness (QED) is 0.396. The minimum Gasteiger partial charge on any atom is -0.334 e. The summed E-state index contributed by atoms with van der Waals surface area (Å²) in [5.74, 6) is -2.69. The normalized spacial score (nSPS) is 10.3. The number of nitrogens with one attached hydrogen (secondary N) is 3. The van der Waals surface area contributed by atoms with Gasteiger partial charge in [-0.3, -0.25) is 31.1 Å². The van der Waals surface area contributed by atoms with Gasteiger partial charge in [-0.25, -0.2) is 18.7 Å². The molecule has 3 aromatic rings. The Hall–Kier alpha value is -4.42. The number of non-ortho nitro benzene ring substituents is 1. The molecule has 3 rings (SSSR count). The molecular formula is C16H11F2N7O4. The molecule has 0 radical (unpaired) electrons. The fourth-order valence-corrected chi connectivity index (χ4v) is 2.24. The van der Waals surface area contributed by atoms with Crippen molar-refractivity contribution in [2.24, 2.45) is 0 Å². The van der Waals surface area contributed by atoms with Crippen LogP contribution in [0.2, 0.25) is 0 Å².